The zero-order valence-electron chi connectivity index (χ0n) is 6.90. The molecular weight excluding hydrogens is 176 g/mol. The molecule has 1 aromatic heterocycles. The SMILES string of the molecule is CN(C)N=Nc1cccnc1Cl. The van der Waals surface area contributed by atoms with Gasteiger partial charge >= 0.3 is 0 Å². The van der Waals surface area contributed by atoms with Gasteiger partial charge in [-0.1, -0.05) is 16.8 Å². The van der Waals surface area contributed by atoms with Gasteiger partial charge in [0.15, 0.2) is 5.15 Å². The van der Waals surface area contributed by atoms with E-state index in [1.54, 1.807) is 37.4 Å². The molecule has 0 unspecified atom stereocenters. The van der Waals surface area contributed by atoms with Gasteiger partial charge in [-0.15, -0.1) is 5.11 Å². The number of aromatic nitrogens is 1. The smallest absolute Gasteiger partial charge is 0.156 e. The Morgan fingerprint density at radius 1 is 1.50 bits per heavy atom. The molecule has 0 radical (unpaired) electrons. The minimum Gasteiger partial charge on any atom is -0.285 e. The molecule has 12 heavy (non-hydrogen) atoms. The van der Waals surface area contributed by atoms with Gasteiger partial charge in [0, 0.05) is 20.3 Å². The van der Waals surface area contributed by atoms with Gasteiger partial charge in [-0.3, -0.25) is 5.01 Å². The Morgan fingerprint density at radius 2 is 2.25 bits per heavy atom. The van der Waals surface area contributed by atoms with E-state index in [-0.39, 0.29) is 0 Å². The van der Waals surface area contributed by atoms with Gasteiger partial charge in [0.05, 0.1) is 0 Å². The molecule has 1 aromatic rings. The molecule has 0 atom stereocenters. The molecule has 0 saturated carbocycles. The monoisotopic (exact) mass is 184 g/mol. The highest BCUT2D eigenvalue weighted by Gasteiger charge is 1.96. The van der Waals surface area contributed by atoms with Gasteiger partial charge in [0.1, 0.15) is 5.69 Å². The molecule has 0 amide bonds. The summed E-state index contributed by atoms with van der Waals surface area (Å²) in [5.74, 6) is 0. The summed E-state index contributed by atoms with van der Waals surface area (Å²) in [5.41, 5.74) is 0.577. The molecule has 1 heterocycles. The number of hydrogen-bond donors (Lipinski definition) is 0. The van der Waals surface area contributed by atoms with Crippen LogP contribution in [0.1, 0.15) is 0 Å². The Hall–Kier alpha value is -1.16. The lowest BCUT2D eigenvalue weighted by atomic mass is 10.4. The van der Waals surface area contributed by atoms with Gasteiger partial charge in [-0.2, -0.15) is 0 Å². The predicted molar refractivity (Wildman–Crippen MR) is 47.5 cm³/mol. The van der Waals surface area contributed by atoms with Crippen LogP contribution in [0.5, 0.6) is 0 Å². The highest BCUT2D eigenvalue weighted by atomic mass is 35.5. The lowest BCUT2D eigenvalue weighted by molar-refractivity contribution is 0.408. The van der Waals surface area contributed by atoms with E-state index in [4.69, 9.17) is 11.6 Å². The lowest BCUT2D eigenvalue weighted by Gasteiger charge is -2.00. The predicted octanol–water partition coefficient (Wildman–Crippen LogP) is 2.30. The van der Waals surface area contributed by atoms with E-state index in [0.29, 0.717) is 10.8 Å². The molecule has 0 N–H and O–H groups in total. The molecular formula is C7H9ClN4. The van der Waals surface area contributed by atoms with Gasteiger partial charge < -0.3 is 0 Å². The van der Waals surface area contributed by atoms with Crippen molar-refractivity contribution in [2.75, 3.05) is 14.1 Å². The third kappa shape index (κ3) is 2.47. The van der Waals surface area contributed by atoms with Crippen molar-refractivity contribution < 1.29 is 0 Å². The van der Waals surface area contributed by atoms with Crippen molar-refractivity contribution in [3.05, 3.63) is 23.5 Å². The average molecular weight is 185 g/mol. The standard InChI is InChI=1S/C7H9ClN4/c1-12(2)11-10-6-4-3-5-9-7(6)8/h3-5H,1-2H3. The average Bonchev–Trinajstić information content (AvgIpc) is 2.03. The number of rotatable bonds is 2. The fraction of sp³-hybridized carbons (Fsp3) is 0.286. The van der Waals surface area contributed by atoms with E-state index in [1.165, 1.54) is 0 Å². The minimum absolute atomic E-state index is 0.364. The second-order valence-electron chi connectivity index (χ2n) is 2.35. The third-order valence-corrected chi connectivity index (χ3v) is 1.36. The summed E-state index contributed by atoms with van der Waals surface area (Å²) in [6, 6.07) is 3.51. The van der Waals surface area contributed by atoms with Crippen LogP contribution in [-0.4, -0.2) is 24.1 Å². The molecule has 0 aliphatic carbocycles. The Labute approximate surface area is 75.9 Å². The number of hydrogen-bond acceptors (Lipinski definition) is 3. The zero-order chi connectivity index (χ0) is 8.97. The van der Waals surface area contributed by atoms with E-state index in [2.05, 4.69) is 15.3 Å². The first-order chi connectivity index (χ1) is 5.70. The topological polar surface area (TPSA) is 40.9 Å². The first kappa shape index (κ1) is 8.93. The second kappa shape index (κ2) is 4.01. The molecule has 1 rings (SSSR count). The minimum atomic E-state index is 0.364. The van der Waals surface area contributed by atoms with Crippen molar-refractivity contribution in [1.29, 1.82) is 0 Å². The zero-order valence-corrected chi connectivity index (χ0v) is 7.65. The molecule has 0 aromatic carbocycles. The maximum atomic E-state index is 5.72. The summed E-state index contributed by atoms with van der Waals surface area (Å²) in [7, 11) is 3.57. The number of nitrogens with zero attached hydrogens (tertiary/aromatic N) is 4. The molecule has 64 valence electrons. The molecule has 0 spiro atoms. The second-order valence-corrected chi connectivity index (χ2v) is 2.71. The molecule has 0 aliphatic rings. The summed E-state index contributed by atoms with van der Waals surface area (Å²) in [6.07, 6.45) is 1.61. The highest BCUT2D eigenvalue weighted by molar-refractivity contribution is 6.31. The van der Waals surface area contributed by atoms with Crippen molar-refractivity contribution in [3.63, 3.8) is 0 Å². The summed E-state index contributed by atoms with van der Waals surface area (Å²) < 4.78 is 0. The first-order valence-electron chi connectivity index (χ1n) is 3.39. The fourth-order valence-electron chi connectivity index (χ4n) is 0.590. The fourth-order valence-corrected chi connectivity index (χ4v) is 0.747. The van der Waals surface area contributed by atoms with Crippen LogP contribution in [0.2, 0.25) is 5.15 Å². The van der Waals surface area contributed by atoms with Crippen LogP contribution in [0.4, 0.5) is 5.69 Å². The van der Waals surface area contributed by atoms with Crippen LogP contribution in [0.3, 0.4) is 0 Å². The Bertz CT molecular complexity index is 284. The quantitative estimate of drug-likeness (QED) is 0.402. The Kier molecular flexibility index (Phi) is 2.99. The van der Waals surface area contributed by atoms with E-state index in [9.17, 15) is 0 Å². The molecule has 0 bridgehead atoms. The summed E-state index contributed by atoms with van der Waals surface area (Å²) >= 11 is 5.72. The Morgan fingerprint density at radius 3 is 2.83 bits per heavy atom. The molecule has 4 nitrogen and oxygen atoms in total. The van der Waals surface area contributed by atoms with Crippen molar-refractivity contribution in [2.24, 2.45) is 10.3 Å². The van der Waals surface area contributed by atoms with Gasteiger partial charge in [-0.25, -0.2) is 4.98 Å². The van der Waals surface area contributed by atoms with Crippen LogP contribution >= 0.6 is 11.6 Å². The van der Waals surface area contributed by atoms with E-state index in [1.807, 2.05) is 0 Å². The normalized spacial score (nSPS) is 10.6. The van der Waals surface area contributed by atoms with E-state index in [0.717, 1.165) is 0 Å². The van der Waals surface area contributed by atoms with E-state index >= 15 is 0 Å². The molecule has 0 aliphatic heterocycles. The van der Waals surface area contributed by atoms with Crippen molar-refractivity contribution >= 4 is 17.3 Å². The first-order valence-corrected chi connectivity index (χ1v) is 3.77. The molecule has 0 saturated heterocycles. The van der Waals surface area contributed by atoms with Crippen molar-refractivity contribution in [1.82, 2.24) is 9.99 Å². The highest BCUT2D eigenvalue weighted by Crippen LogP contribution is 2.21. The van der Waals surface area contributed by atoms with E-state index < -0.39 is 0 Å². The van der Waals surface area contributed by atoms with Gasteiger partial charge in [-0.05, 0) is 12.1 Å². The van der Waals surface area contributed by atoms with Crippen LogP contribution in [0.15, 0.2) is 28.7 Å². The largest absolute Gasteiger partial charge is 0.285 e. The number of pyridine rings is 1. The Balaban J connectivity index is 2.82. The van der Waals surface area contributed by atoms with Crippen molar-refractivity contribution in [2.45, 2.75) is 0 Å². The molecule has 0 fully saturated rings. The lowest BCUT2D eigenvalue weighted by Crippen LogP contribution is -1.98. The maximum absolute atomic E-state index is 5.72. The summed E-state index contributed by atoms with van der Waals surface area (Å²) in [5, 5.41) is 9.60. The van der Waals surface area contributed by atoms with Gasteiger partial charge in [0.25, 0.3) is 0 Å². The maximum Gasteiger partial charge on any atom is 0.156 e. The van der Waals surface area contributed by atoms with Crippen LogP contribution < -0.4 is 0 Å². The van der Waals surface area contributed by atoms with Gasteiger partial charge in [0.2, 0.25) is 0 Å². The van der Waals surface area contributed by atoms with Crippen LogP contribution in [0.25, 0.3) is 0 Å². The summed E-state index contributed by atoms with van der Waals surface area (Å²) in [4.78, 5) is 3.85. The van der Waals surface area contributed by atoms with Crippen LogP contribution in [0, 0.1) is 0 Å². The summed E-state index contributed by atoms with van der Waals surface area (Å²) in [6.45, 7) is 0. The van der Waals surface area contributed by atoms with Crippen molar-refractivity contribution in [3.8, 4) is 0 Å². The van der Waals surface area contributed by atoms with Crippen LogP contribution in [-0.2, 0) is 0 Å². The number of halogens is 1. The molecule has 5 heteroatoms. The third-order valence-electron chi connectivity index (χ3n) is 1.07.